The summed E-state index contributed by atoms with van der Waals surface area (Å²) in [6.45, 7) is 5.58. The molecule has 6 nitrogen and oxygen atoms in total. The molecule has 2 aliphatic rings. The van der Waals surface area contributed by atoms with Crippen molar-refractivity contribution in [3.05, 3.63) is 46.7 Å². The normalized spacial score (nSPS) is 20.4. The average molecular weight is 405 g/mol. The van der Waals surface area contributed by atoms with Crippen LogP contribution >= 0.6 is 11.3 Å². The number of hydrogen-bond donors (Lipinski definition) is 1. The van der Waals surface area contributed by atoms with Gasteiger partial charge in [-0.2, -0.15) is 8.42 Å². The van der Waals surface area contributed by atoms with Gasteiger partial charge in [0.15, 0.2) is 0 Å². The number of nitrogens with zero attached hydrogens (tertiary/aromatic N) is 3. The molecule has 0 radical (unpaired) electrons. The number of benzene rings is 1. The molecular weight excluding hydrogens is 380 g/mol. The number of hydrogen-bond acceptors (Lipinski definition) is 6. The summed E-state index contributed by atoms with van der Waals surface area (Å²) in [4.78, 5) is 6.48. The summed E-state index contributed by atoms with van der Waals surface area (Å²) in [6, 6.07) is 11.2. The molecule has 1 N–H and O–H groups in total. The van der Waals surface area contributed by atoms with Crippen LogP contribution in [0.1, 0.15) is 11.3 Å². The molecule has 2 aliphatic heterocycles. The minimum absolute atomic E-state index is 0.254. The molecule has 8 heteroatoms. The third-order valence-corrected chi connectivity index (χ3v) is 7.29. The van der Waals surface area contributed by atoms with E-state index >= 15 is 0 Å². The van der Waals surface area contributed by atoms with Crippen LogP contribution in [0.3, 0.4) is 0 Å². The van der Waals surface area contributed by atoms with Crippen molar-refractivity contribution in [2.45, 2.75) is 17.7 Å². The number of thiophene rings is 1. The summed E-state index contributed by atoms with van der Waals surface area (Å²) in [5.74, 6) is 0.515. The molecule has 0 atom stereocenters. The molecule has 3 heterocycles. The highest BCUT2D eigenvalue weighted by Gasteiger charge is 2.25. The Morgan fingerprint density at radius 1 is 1.04 bits per heavy atom. The first-order valence-electron chi connectivity index (χ1n) is 9.27. The molecule has 1 aromatic heterocycles. The van der Waals surface area contributed by atoms with Crippen molar-refractivity contribution < 1.29 is 8.42 Å². The lowest BCUT2D eigenvalue weighted by molar-refractivity contribution is 0.274. The van der Waals surface area contributed by atoms with Crippen molar-refractivity contribution in [2.24, 2.45) is 4.40 Å². The van der Waals surface area contributed by atoms with Crippen LogP contribution in [-0.4, -0.2) is 63.3 Å². The monoisotopic (exact) mass is 404 g/mol. The highest BCUT2D eigenvalue weighted by atomic mass is 32.2. The smallest absolute Gasteiger partial charge is 0.286 e. The predicted molar refractivity (Wildman–Crippen MR) is 110 cm³/mol. The van der Waals surface area contributed by atoms with E-state index in [0.29, 0.717) is 18.1 Å². The second kappa shape index (κ2) is 8.10. The van der Waals surface area contributed by atoms with Crippen molar-refractivity contribution in [1.29, 1.82) is 0 Å². The summed E-state index contributed by atoms with van der Waals surface area (Å²) in [5, 5.41) is 5.32. The topological polar surface area (TPSA) is 65.0 Å². The van der Waals surface area contributed by atoms with E-state index in [9.17, 15) is 8.42 Å². The van der Waals surface area contributed by atoms with Crippen LogP contribution in [0.2, 0.25) is 0 Å². The van der Waals surface area contributed by atoms with Gasteiger partial charge in [0.1, 0.15) is 10.7 Å². The van der Waals surface area contributed by atoms with Crippen LogP contribution in [0.4, 0.5) is 5.69 Å². The van der Waals surface area contributed by atoms with Crippen molar-refractivity contribution in [3.8, 4) is 0 Å². The van der Waals surface area contributed by atoms with Crippen molar-refractivity contribution in [2.75, 3.05) is 44.6 Å². The van der Waals surface area contributed by atoms with Gasteiger partial charge in [-0.25, -0.2) is 0 Å². The van der Waals surface area contributed by atoms with Gasteiger partial charge in [-0.15, -0.1) is 15.7 Å². The number of para-hydroxylation sites is 1. The van der Waals surface area contributed by atoms with Gasteiger partial charge < -0.3 is 10.2 Å². The first-order valence-corrected chi connectivity index (χ1v) is 11.6. The Hall–Kier alpha value is -1.74. The first-order chi connectivity index (χ1) is 13.1. The molecule has 4 rings (SSSR count). The molecule has 1 saturated heterocycles. The van der Waals surface area contributed by atoms with Crippen LogP contribution in [0, 0.1) is 0 Å². The summed E-state index contributed by atoms with van der Waals surface area (Å²) in [5.41, 5.74) is 0.620. The van der Waals surface area contributed by atoms with Crippen LogP contribution in [0.25, 0.3) is 0 Å². The zero-order valence-electron chi connectivity index (χ0n) is 15.2. The molecule has 0 saturated carbocycles. The average Bonchev–Trinajstić information content (AvgIpc) is 3.07. The quantitative estimate of drug-likeness (QED) is 0.830. The fraction of sp³-hybridized carbons (Fsp3) is 0.421. The lowest BCUT2D eigenvalue weighted by atomic mass is 10.3. The van der Waals surface area contributed by atoms with E-state index in [1.54, 1.807) is 18.2 Å². The Morgan fingerprint density at radius 3 is 2.70 bits per heavy atom. The lowest BCUT2D eigenvalue weighted by Gasteiger charge is -2.24. The number of rotatable bonds is 5. The number of nitrogens with one attached hydrogen (secondary N) is 1. The van der Waals surface area contributed by atoms with E-state index in [4.69, 9.17) is 0 Å². The Labute approximate surface area is 164 Å². The van der Waals surface area contributed by atoms with Gasteiger partial charge in [0, 0.05) is 24.5 Å². The van der Waals surface area contributed by atoms with E-state index in [-0.39, 0.29) is 4.90 Å². The van der Waals surface area contributed by atoms with Gasteiger partial charge in [0.25, 0.3) is 10.0 Å². The van der Waals surface area contributed by atoms with Gasteiger partial charge >= 0.3 is 0 Å². The molecule has 0 aliphatic carbocycles. The standard InChI is InChI=1S/C19H24N4O2S2/c24-27(25)18-7-2-1-6-17(18)20-19(21-27)15-23-10-4-9-22(12-13-23)11-8-16-5-3-14-26-16/h1-3,5-7,14H,4,8-13,15H2,(H,20,21). The van der Waals surface area contributed by atoms with E-state index in [2.05, 4.69) is 37.0 Å². The molecule has 144 valence electrons. The fourth-order valence-corrected chi connectivity index (χ4v) is 5.41. The van der Waals surface area contributed by atoms with Crippen LogP contribution in [-0.2, 0) is 16.4 Å². The Balaban J connectivity index is 1.34. The third-order valence-electron chi connectivity index (χ3n) is 4.98. The summed E-state index contributed by atoms with van der Waals surface area (Å²) < 4.78 is 28.8. The minimum atomic E-state index is -3.61. The van der Waals surface area contributed by atoms with Crippen LogP contribution in [0.5, 0.6) is 0 Å². The van der Waals surface area contributed by atoms with Crippen molar-refractivity contribution in [3.63, 3.8) is 0 Å². The van der Waals surface area contributed by atoms with Crippen LogP contribution < -0.4 is 5.32 Å². The summed E-state index contributed by atoms with van der Waals surface area (Å²) >= 11 is 1.82. The van der Waals surface area contributed by atoms with Crippen LogP contribution in [0.15, 0.2) is 51.1 Å². The summed E-state index contributed by atoms with van der Waals surface area (Å²) in [7, 11) is -3.61. The fourth-order valence-electron chi connectivity index (χ4n) is 3.58. The maximum Gasteiger partial charge on any atom is 0.286 e. The van der Waals surface area contributed by atoms with Gasteiger partial charge in [-0.3, -0.25) is 4.90 Å². The maximum atomic E-state index is 12.4. The molecule has 0 unspecified atom stereocenters. The van der Waals surface area contributed by atoms with E-state index in [1.807, 2.05) is 17.4 Å². The lowest BCUT2D eigenvalue weighted by Crippen LogP contribution is -2.38. The predicted octanol–water partition coefficient (Wildman–Crippen LogP) is 2.51. The first kappa shape index (κ1) is 18.6. The Morgan fingerprint density at radius 2 is 1.85 bits per heavy atom. The third kappa shape index (κ3) is 4.57. The molecule has 2 aromatic rings. The number of anilines is 1. The molecule has 0 amide bonds. The molecule has 1 aromatic carbocycles. The number of fused-ring (bicyclic) bond motifs is 1. The maximum absolute atomic E-state index is 12.4. The van der Waals surface area contributed by atoms with Gasteiger partial charge in [-0.05, 0) is 49.5 Å². The van der Waals surface area contributed by atoms with Crippen molar-refractivity contribution in [1.82, 2.24) is 9.80 Å². The zero-order valence-corrected chi connectivity index (χ0v) is 16.8. The Kier molecular flexibility index (Phi) is 5.58. The SMILES string of the molecule is O=S1(=O)N=C(CN2CCCN(CCc3cccs3)CC2)Nc2ccccc21. The zero-order chi connectivity index (χ0) is 18.7. The second-order valence-electron chi connectivity index (χ2n) is 6.93. The van der Waals surface area contributed by atoms with E-state index in [1.165, 1.54) is 4.88 Å². The second-order valence-corrected chi connectivity index (χ2v) is 9.54. The summed E-state index contributed by atoms with van der Waals surface area (Å²) in [6.07, 6.45) is 2.18. The minimum Gasteiger partial charge on any atom is -0.341 e. The number of amidine groups is 1. The molecule has 27 heavy (non-hydrogen) atoms. The Bertz CT molecular complexity index is 910. The molecular formula is C19H24N4O2S2. The van der Waals surface area contributed by atoms with Gasteiger partial charge in [0.2, 0.25) is 0 Å². The van der Waals surface area contributed by atoms with E-state index in [0.717, 1.165) is 45.6 Å². The largest absolute Gasteiger partial charge is 0.341 e. The van der Waals surface area contributed by atoms with E-state index < -0.39 is 10.0 Å². The molecule has 0 spiro atoms. The highest BCUT2D eigenvalue weighted by Crippen LogP contribution is 2.26. The molecule has 0 bridgehead atoms. The van der Waals surface area contributed by atoms with Gasteiger partial charge in [-0.1, -0.05) is 18.2 Å². The molecule has 1 fully saturated rings. The van der Waals surface area contributed by atoms with Gasteiger partial charge in [0.05, 0.1) is 12.2 Å². The highest BCUT2D eigenvalue weighted by molar-refractivity contribution is 7.90. The van der Waals surface area contributed by atoms with Crippen molar-refractivity contribution >= 4 is 32.9 Å². The number of sulfonamides is 1.